The Morgan fingerprint density at radius 1 is 1.38 bits per heavy atom. The van der Waals surface area contributed by atoms with Crippen LogP contribution >= 0.6 is 11.3 Å². The van der Waals surface area contributed by atoms with E-state index in [4.69, 9.17) is 4.74 Å². The van der Waals surface area contributed by atoms with E-state index in [1.807, 2.05) is 0 Å². The topological polar surface area (TPSA) is 34.1 Å². The maximum Gasteiger partial charge on any atom is 0.119 e. The number of methoxy groups -OCH3 is 1. The van der Waals surface area contributed by atoms with Crippen molar-refractivity contribution in [3.63, 3.8) is 0 Å². The fraction of sp³-hybridized carbons (Fsp3) is 0.471. The summed E-state index contributed by atoms with van der Waals surface area (Å²) >= 11 is 1.76. The summed E-state index contributed by atoms with van der Waals surface area (Å²) in [6.45, 7) is 3.03. The molecule has 0 saturated carbocycles. The highest BCUT2D eigenvalue weighted by Gasteiger charge is 2.19. The fourth-order valence-electron chi connectivity index (χ4n) is 2.86. The molecule has 21 heavy (non-hydrogen) atoms. The molecule has 1 heterocycles. The van der Waals surface area contributed by atoms with Crippen LogP contribution in [0.2, 0.25) is 0 Å². The minimum Gasteiger partial charge on any atom is -0.497 e. The smallest absolute Gasteiger partial charge is 0.119 e. The number of fused-ring (bicyclic) bond motifs is 1. The van der Waals surface area contributed by atoms with Gasteiger partial charge < -0.3 is 10.1 Å². The Labute approximate surface area is 130 Å². The summed E-state index contributed by atoms with van der Waals surface area (Å²) in [6, 6.07) is 6.99. The van der Waals surface area contributed by atoms with Gasteiger partial charge in [0.1, 0.15) is 10.8 Å². The number of hydrogen-bond donors (Lipinski definition) is 1. The Hall–Kier alpha value is -1.39. The SMILES string of the molecule is CCc1csc(CN[C@@H]2CCc3ccc(OC)cc3C2)n1. The molecule has 1 aliphatic carbocycles. The molecule has 3 rings (SSSR count). The van der Waals surface area contributed by atoms with E-state index >= 15 is 0 Å². The normalized spacial score (nSPS) is 17.5. The highest BCUT2D eigenvalue weighted by Crippen LogP contribution is 2.25. The van der Waals surface area contributed by atoms with E-state index in [-0.39, 0.29) is 0 Å². The third-order valence-corrected chi connectivity index (χ3v) is 5.04. The van der Waals surface area contributed by atoms with Gasteiger partial charge in [-0.25, -0.2) is 4.98 Å². The molecule has 1 aromatic carbocycles. The summed E-state index contributed by atoms with van der Waals surface area (Å²) < 4.78 is 5.33. The van der Waals surface area contributed by atoms with Crippen LogP contribution < -0.4 is 10.1 Å². The van der Waals surface area contributed by atoms with E-state index in [0.29, 0.717) is 6.04 Å². The fourth-order valence-corrected chi connectivity index (χ4v) is 3.69. The number of nitrogens with zero attached hydrogens (tertiary/aromatic N) is 1. The van der Waals surface area contributed by atoms with Gasteiger partial charge in [-0.05, 0) is 48.9 Å². The number of nitrogens with one attached hydrogen (secondary N) is 1. The lowest BCUT2D eigenvalue weighted by Crippen LogP contribution is -2.34. The van der Waals surface area contributed by atoms with E-state index in [2.05, 4.69) is 40.8 Å². The van der Waals surface area contributed by atoms with Crippen molar-refractivity contribution in [3.8, 4) is 5.75 Å². The molecular formula is C17H22N2OS. The minimum absolute atomic E-state index is 0.540. The third-order valence-electron chi connectivity index (χ3n) is 4.15. The molecule has 112 valence electrons. The average molecular weight is 302 g/mol. The molecule has 3 nitrogen and oxygen atoms in total. The molecule has 0 fully saturated rings. The van der Waals surface area contributed by atoms with Crippen molar-refractivity contribution in [3.05, 3.63) is 45.4 Å². The largest absolute Gasteiger partial charge is 0.497 e. The van der Waals surface area contributed by atoms with Gasteiger partial charge in [-0.2, -0.15) is 0 Å². The molecule has 1 aliphatic rings. The lowest BCUT2D eigenvalue weighted by atomic mass is 9.88. The molecule has 4 heteroatoms. The highest BCUT2D eigenvalue weighted by molar-refractivity contribution is 7.09. The maximum atomic E-state index is 5.33. The molecule has 0 radical (unpaired) electrons. The Morgan fingerprint density at radius 3 is 3.05 bits per heavy atom. The summed E-state index contributed by atoms with van der Waals surface area (Å²) in [4.78, 5) is 4.62. The van der Waals surface area contributed by atoms with Gasteiger partial charge in [-0.15, -0.1) is 11.3 Å². The van der Waals surface area contributed by atoms with E-state index in [1.165, 1.54) is 28.2 Å². The second-order valence-electron chi connectivity index (χ2n) is 5.54. The van der Waals surface area contributed by atoms with Crippen LogP contribution in [0.25, 0.3) is 0 Å². The van der Waals surface area contributed by atoms with E-state index in [9.17, 15) is 0 Å². The van der Waals surface area contributed by atoms with Crippen molar-refractivity contribution >= 4 is 11.3 Å². The van der Waals surface area contributed by atoms with Crippen LogP contribution in [0, 0.1) is 0 Å². The number of hydrogen-bond acceptors (Lipinski definition) is 4. The minimum atomic E-state index is 0.540. The van der Waals surface area contributed by atoms with Gasteiger partial charge in [-0.3, -0.25) is 0 Å². The van der Waals surface area contributed by atoms with Crippen LogP contribution in [0.15, 0.2) is 23.6 Å². The van der Waals surface area contributed by atoms with Crippen molar-refractivity contribution in [2.45, 2.75) is 45.2 Å². The first-order valence-electron chi connectivity index (χ1n) is 7.61. The number of aryl methyl sites for hydroxylation is 2. The van der Waals surface area contributed by atoms with Gasteiger partial charge in [0.25, 0.3) is 0 Å². The van der Waals surface area contributed by atoms with Crippen LogP contribution in [0.3, 0.4) is 0 Å². The van der Waals surface area contributed by atoms with Crippen LogP contribution in [-0.4, -0.2) is 18.1 Å². The monoisotopic (exact) mass is 302 g/mol. The molecule has 0 unspecified atom stereocenters. The maximum absolute atomic E-state index is 5.33. The Bertz CT molecular complexity index is 609. The summed E-state index contributed by atoms with van der Waals surface area (Å²) in [5.41, 5.74) is 4.10. The summed E-state index contributed by atoms with van der Waals surface area (Å²) in [6.07, 6.45) is 4.45. The second kappa shape index (κ2) is 6.58. The number of aromatic nitrogens is 1. The Kier molecular flexibility index (Phi) is 4.56. The van der Waals surface area contributed by atoms with Gasteiger partial charge in [0.2, 0.25) is 0 Å². The summed E-state index contributed by atoms with van der Waals surface area (Å²) in [7, 11) is 1.73. The van der Waals surface area contributed by atoms with Crippen LogP contribution in [0.4, 0.5) is 0 Å². The third kappa shape index (κ3) is 3.44. The van der Waals surface area contributed by atoms with Crippen molar-refractivity contribution in [2.24, 2.45) is 0 Å². The molecule has 1 N–H and O–H groups in total. The lowest BCUT2D eigenvalue weighted by Gasteiger charge is -2.25. The zero-order chi connectivity index (χ0) is 14.7. The van der Waals surface area contributed by atoms with Crippen molar-refractivity contribution in [1.29, 1.82) is 0 Å². The first-order chi connectivity index (χ1) is 10.3. The zero-order valence-electron chi connectivity index (χ0n) is 12.7. The van der Waals surface area contributed by atoms with Crippen molar-refractivity contribution < 1.29 is 4.74 Å². The number of thiazole rings is 1. The molecule has 0 saturated heterocycles. The first-order valence-corrected chi connectivity index (χ1v) is 8.49. The molecule has 2 aromatic rings. The van der Waals surface area contributed by atoms with Gasteiger partial charge in [0.15, 0.2) is 0 Å². The Morgan fingerprint density at radius 2 is 2.29 bits per heavy atom. The molecule has 0 amide bonds. The van der Waals surface area contributed by atoms with Gasteiger partial charge >= 0.3 is 0 Å². The predicted molar refractivity (Wildman–Crippen MR) is 87.1 cm³/mol. The first kappa shape index (κ1) is 14.5. The second-order valence-corrected chi connectivity index (χ2v) is 6.48. The van der Waals surface area contributed by atoms with Gasteiger partial charge in [0, 0.05) is 18.0 Å². The lowest BCUT2D eigenvalue weighted by molar-refractivity contribution is 0.411. The quantitative estimate of drug-likeness (QED) is 0.919. The van der Waals surface area contributed by atoms with Crippen molar-refractivity contribution in [2.75, 3.05) is 7.11 Å². The predicted octanol–water partition coefficient (Wildman–Crippen LogP) is 3.36. The standard InChI is InChI=1S/C17H22N2OS/c1-3-14-11-21-17(19-14)10-18-15-6-4-12-5-7-16(20-2)9-13(12)8-15/h5,7,9,11,15,18H,3-4,6,8,10H2,1-2H3/t15-/m1/s1. The Balaban J connectivity index is 1.60. The van der Waals surface area contributed by atoms with E-state index in [1.54, 1.807) is 18.4 Å². The molecular weight excluding hydrogens is 280 g/mol. The van der Waals surface area contributed by atoms with Crippen LogP contribution in [0.1, 0.15) is 35.2 Å². The number of benzene rings is 1. The van der Waals surface area contributed by atoms with Crippen LogP contribution in [0.5, 0.6) is 5.75 Å². The highest BCUT2D eigenvalue weighted by atomic mass is 32.1. The van der Waals surface area contributed by atoms with Gasteiger partial charge in [-0.1, -0.05) is 13.0 Å². The van der Waals surface area contributed by atoms with Crippen LogP contribution in [-0.2, 0) is 25.8 Å². The van der Waals surface area contributed by atoms with Gasteiger partial charge in [0.05, 0.1) is 12.8 Å². The summed E-state index contributed by atoms with van der Waals surface area (Å²) in [5.74, 6) is 0.960. The number of ether oxygens (including phenoxy) is 1. The van der Waals surface area contributed by atoms with E-state index < -0.39 is 0 Å². The molecule has 0 bridgehead atoms. The molecule has 1 aromatic heterocycles. The average Bonchev–Trinajstić information content (AvgIpc) is 3.00. The molecule has 0 aliphatic heterocycles. The number of rotatable bonds is 5. The summed E-state index contributed by atoms with van der Waals surface area (Å²) in [5, 5.41) is 7.02. The molecule has 0 spiro atoms. The molecule has 1 atom stereocenters. The zero-order valence-corrected chi connectivity index (χ0v) is 13.5. The van der Waals surface area contributed by atoms with Crippen molar-refractivity contribution in [1.82, 2.24) is 10.3 Å². The van der Waals surface area contributed by atoms with E-state index in [0.717, 1.165) is 31.6 Å².